The standard InChI is InChI=1S/C18H26N4O4S/c1-13-11-22(12-14(2)26-13)27(23,24)20-17(18-19-9-10-21(18)3)15-5-7-16(25-4)8-6-15/h5-10,13-14,17,20H,11-12H2,1-4H3/t13-,14+,17-/m0/s1. The van der Waals surface area contributed by atoms with E-state index >= 15 is 0 Å². The van der Waals surface area contributed by atoms with E-state index in [-0.39, 0.29) is 12.2 Å². The molecule has 3 atom stereocenters. The number of ether oxygens (including phenoxy) is 2. The van der Waals surface area contributed by atoms with Gasteiger partial charge in [-0.25, -0.2) is 4.98 Å². The van der Waals surface area contributed by atoms with Gasteiger partial charge in [0.05, 0.1) is 19.3 Å². The van der Waals surface area contributed by atoms with E-state index < -0.39 is 16.3 Å². The van der Waals surface area contributed by atoms with Crippen LogP contribution in [0.1, 0.15) is 31.3 Å². The van der Waals surface area contributed by atoms with Crippen molar-refractivity contribution in [2.45, 2.75) is 32.1 Å². The first-order valence-corrected chi connectivity index (χ1v) is 10.3. The molecule has 0 unspecified atom stereocenters. The van der Waals surface area contributed by atoms with Gasteiger partial charge in [0, 0.05) is 32.5 Å². The van der Waals surface area contributed by atoms with Crippen LogP contribution in [0.4, 0.5) is 0 Å². The Kier molecular flexibility index (Phi) is 5.85. The highest BCUT2D eigenvalue weighted by Crippen LogP contribution is 2.25. The van der Waals surface area contributed by atoms with Crippen molar-refractivity contribution >= 4 is 10.2 Å². The van der Waals surface area contributed by atoms with Crippen molar-refractivity contribution in [1.29, 1.82) is 0 Å². The number of rotatable bonds is 6. The zero-order valence-corrected chi connectivity index (χ0v) is 16.8. The third-order valence-corrected chi connectivity index (χ3v) is 6.07. The number of aryl methyl sites for hydroxylation is 1. The SMILES string of the molecule is COc1ccc([C@H](NS(=O)(=O)N2C[C@@H](C)O[C@@H](C)C2)c2nccn2C)cc1. The average molecular weight is 394 g/mol. The van der Waals surface area contributed by atoms with Crippen molar-refractivity contribution in [2.75, 3.05) is 20.2 Å². The number of morpholine rings is 1. The van der Waals surface area contributed by atoms with Gasteiger partial charge in [-0.1, -0.05) is 12.1 Å². The van der Waals surface area contributed by atoms with Gasteiger partial charge in [0.15, 0.2) is 0 Å². The molecule has 27 heavy (non-hydrogen) atoms. The molecule has 0 amide bonds. The van der Waals surface area contributed by atoms with Crippen molar-refractivity contribution in [1.82, 2.24) is 18.6 Å². The lowest BCUT2D eigenvalue weighted by molar-refractivity contribution is -0.0444. The molecule has 0 aliphatic carbocycles. The number of nitrogens with zero attached hydrogens (tertiary/aromatic N) is 3. The molecular weight excluding hydrogens is 368 g/mol. The highest BCUT2D eigenvalue weighted by atomic mass is 32.2. The van der Waals surface area contributed by atoms with E-state index in [1.807, 2.05) is 37.6 Å². The van der Waals surface area contributed by atoms with Crippen molar-refractivity contribution in [3.05, 3.63) is 48.0 Å². The lowest BCUT2D eigenvalue weighted by atomic mass is 10.1. The van der Waals surface area contributed by atoms with E-state index in [4.69, 9.17) is 9.47 Å². The Hall–Kier alpha value is -1.94. The first-order valence-electron chi connectivity index (χ1n) is 8.84. The Morgan fingerprint density at radius 1 is 1.22 bits per heavy atom. The van der Waals surface area contributed by atoms with Gasteiger partial charge in [-0.15, -0.1) is 0 Å². The molecule has 2 aromatic rings. The summed E-state index contributed by atoms with van der Waals surface area (Å²) in [6.45, 7) is 4.38. The van der Waals surface area contributed by atoms with Crippen molar-refractivity contribution < 1.29 is 17.9 Å². The number of nitrogens with one attached hydrogen (secondary N) is 1. The van der Waals surface area contributed by atoms with Crippen LogP contribution in [0.2, 0.25) is 0 Å². The number of benzene rings is 1. The van der Waals surface area contributed by atoms with Crippen LogP contribution < -0.4 is 9.46 Å². The lowest BCUT2D eigenvalue weighted by Gasteiger charge is -2.35. The molecule has 9 heteroatoms. The molecule has 0 spiro atoms. The van der Waals surface area contributed by atoms with Crippen LogP contribution in [-0.2, 0) is 22.0 Å². The summed E-state index contributed by atoms with van der Waals surface area (Å²) in [6, 6.07) is 6.67. The van der Waals surface area contributed by atoms with Gasteiger partial charge in [0.2, 0.25) is 0 Å². The molecule has 2 heterocycles. The minimum atomic E-state index is -3.74. The predicted molar refractivity (Wildman–Crippen MR) is 102 cm³/mol. The third kappa shape index (κ3) is 4.49. The molecule has 1 aromatic heterocycles. The van der Waals surface area contributed by atoms with Gasteiger partial charge in [0.25, 0.3) is 10.2 Å². The largest absolute Gasteiger partial charge is 0.497 e. The molecule has 0 bridgehead atoms. The van der Waals surface area contributed by atoms with Crippen LogP contribution in [0, 0.1) is 0 Å². The fraction of sp³-hybridized carbons (Fsp3) is 0.500. The van der Waals surface area contributed by atoms with Gasteiger partial charge >= 0.3 is 0 Å². The summed E-state index contributed by atoms with van der Waals surface area (Å²) in [6.07, 6.45) is 3.13. The number of methoxy groups -OCH3 is 1. The van der Waals surface area contributed by atoms with Crippen LogP contribution in [0.25, 0.3) is 0 Å². The quantitative estimate of drug-likeness (QED) is 0.802. The van der Waals surface area contributed by atoms with Crippen LogP contribution in [0.15, 0.2) is 36.7 Å². The topological polar surface area (TPSA) is 85.7 Å². The van der Waals surface area contributed by atoms with Gasteiger partial charge in [-0.2, -0.15) is 17.4 Å². The van der Waals surface area contributed by atoms with Crippen LogP contribution >= 0.6 is 0 Å². The van der Waals surface area contributed by atoms with E-state index in [1.54, 1.807) is 31.6 Å². The number of aromatic nitrogens is 2. The lowest BCUT2D eigenvalue weighted by Crippen LogP contribution is -2.52. The first kappa shape index (κ1) is 19.8. The Balaban J connectivity index is 1.92. The molecule has 1 aromatic carbocycles. The van der Waals surface area contributed by atoms with Crippen LogP contribution in [0.3, 0.4) is 0 Å². The summed E-state index contributed by atoms with van der Waals surface area (Å²) in [5, 5.41) is 0. The monoisotopic (exact) mass is 394 g/mol. The van der Waals surface area contributed by atoms with Crippen molar-refractivity contribution in [3.63, 3.8) is 0 Å². The fourth-order valence-corrected chi connectivity index (χ4v) is 4.77. The second-order valence-electron chi connectivity index (χ2n) is 6.80. The van der Waals surface area contributed by atoms with E-state index in [9.17, 15) is 8.42 Å². The Morgan fingerprint density at radius 3 is 2.37 bits per heavy atom. The fourth-order valence-electron chi connectivity index (χ4n) is 3.27. The summed E-state index contributed by atoms with van der Waals surface area (Å²) in [5.74, 6) is 1.31. The van der Waals surface area contributed by atoms with Crippen LogP contribution in [0.5, 0.6) is 5.75 Å². The minimum Gasteiger partial charge on any atom is -0.497 e. The van der Waals surface area contributed by atoms with Gasteiger partial charge < -0.3 is 14.0 Å². The summed E-state index contributed by atoms with van der Waals surface area (Å²) in [4.78, 5) is 4.36. The minimum absolute atomic E-state index is 0.155. The average Bonchev–Trinajstić information content (AvgIpc) is 3.05. The molecule has 0 radical (unpaired) electrons. The molecule has 1 N–H and O–H groups in total. The first-order chi connectivity index (χ1) is 12.8. The normalized spacial score (nSPS) is 22.5. The number of hydrogen-bond acceptors (Lipinski definition) is 5. The maximum Gasteiger partial charge on any atom is 0.280 e. The van der Waals surface area contributed by atoms with E-state index in [1.165, 1.54) is 4.31 Å². The van der Waals surface area contributed by atoms with Gasteiger partial charge in [-0.3, -0.25) is 0 Å². The maximum absolute atomic E-state index is 13.1. The van der Waals surface area contributed by atoms with Crippen LogP contribution in [-0.4, -0.2) is 54.7 Å². The zero-order chi connectivity index (χ0) is 19.6. The third-order valence-electron chi connectivity index (χ3n) is 4.56. The van der Waals surface area contributed by atoms with Gasteiger partial charge in [-0.05, 0) is 31.5 Å². The highest BCUT2D eigenvalue weighted by molar-refractivity contribution is 7.87. The second kappa shape index (κ2) is 7.97. The maximum atomic E-state index is 13.1. The summed E-state index contributed by atoms with van der Waals surface area (Å²) in [5.41, 5.74) is 0.781. The molecule has 1 aliphatic heterocycles. The molecule has 1 fully saturated rings. The van der Waals surface area contributed by atoms with Crippen molar-refractivity contribution in [3.8, 4) is 5.75 Å². The smallest absolute Gasteiger partial charge is 0.280 e. The molecular formula is C18H26N4O4S. The second-order valence-corrected chi connectivity index (χ2v) is 8.50. The van der Waals surface area contributed by atoms with E-state index in [0.717, 1.165) is 5.56 Å². The molecule has 3 rings (SSSR count). The summed E-state index contributed by atoms with van der Waals surface area (Å²) >= 11 is 0. The number of imidazole rings is 1. The molecule has 1 saturated heterocycles. The molecule has 1 aliphatic rings. The Bertz CT molecular complexity index is 856. The summed E-state index contributed by atoms with van der Waals surface area (Å²) in [7, 11) is -0.305. The predicted octanol–water partition coefficient (Wildman–Crippen LogP) is 1.46. The summed E-state index contributed by atoms with van der Waals surface area (Å²) < 4.78 is 43.1. The van der Waals surface area contributed by atoms with E-state index in [2.05, 4.69) is 9.71 Å². The molecule has 148 valence electrons. The van der Waals surface area contributed by atoms with E-state index in [0.29, 0.717) is 24.7 Å². The molecule has 8 nitrogen and oxygen atoms in total. The molecule has 0 saturated carbocycles. The van der Waals surface area contributed by atoms with Crippen molar-refractivity contribution in [2.24, 2.45) is 7.05 Å². The Morgan fingerprint density at radius 2 is 1.85 bits per heavy atom. The zero-order valence-electron chi connectivity index (χ0n) is 16.0. The van der Waals surface area contributed by atoms with Gasteiger partial charge in [0.1, 0.15) is 17.6 Å². The highest BCUT2D eigenvalue weighted by Gasteiger charge is 2.34. The number of hydrogen-bond donors (Lipinski definition) is 1. The Labute approximate surface area is 160 Å².